The molecule has 0 radical (unpaired) electrons. The van der Waals surface area contributed by atoms with E-state index in [0.717, 1.165) is 12.5 Å². The van der Waals surface area contributed by atoms with Gasteiger partial charge in [-0.25, -0.2) is 0 Å². The van der Waals surface area contributed by atoms with Gasteiger partial charge in [-0.05, 0) is 57.5 Å². The van der Waals surface area contributed by atoms with Crippen molar-refractivity contribution < 1.29 is 0 Å². The summed E-state index contributed by atoms with van der Waals surface area (Å²) in [5.41, 5.74) is 6.57. The molecule has 0 aliphatic heterocycles. The van der Waals surface area contributed by atoms with Gasteiger partial charge in [-0.1, -0.05) is 39.5 Å². The Kier molecular flexibility index (Phi) is 7.38. The molecule has 19 heavy (non-hydrogen) atoms. The first-order valence-corrected chi connectivity index (χ1v) is 8.47. The summed E-state index contributed by atoms with van der Waals surface area (Å²) in [4.78, 5) is 2.68. The van der Waals surface area contributed by atoms with Crippen LogP contribution >= 0.6 is 0 Å². The topological polar surface area (TPSA) is 29.3 Å². The molecule has 0 heterocycles. The Labute approximate surface area is 121 Å². The van der Waals surface area contributed by atoms with Gasteiger partial charge in [0.1, 0.15) is 0 Å². The molecule has 0 amide bonds. The molecular formula is C17H36N2. The third kappa shape index (κ3) is 5.43. The molecular weight excluding hydrogens is 232 g/mol. The van der Waals surface area contributed by atoms with E-state index in [9.17, 15) is 0 Å². The highest BCUT2D eigenvalue weighted by Gasteiger charge is 2.34. The predicted octanol–water partition coefficient (Wildman–Crippen LogP) is 4.04. The minimum Gasteiger partial charge on any atom is -0.330 e. The highest BCUT2D eigenvalue weighted by Crippen LogP contribution is 2.39. The quantitative estimate of drug-likeness (QED) is 0.673. The molecule has 0 bridgehead atoms. The molecule has 1 aliphatic carbocycles. The Balaban J connectivity index is 2.54. The van der Waals surface area contributed by atoms with Gasteiger partial charge in [-0.15, -0.1) is 0 Å². The summed E-state index contributed by atoms with van der Waals surface area (Å²) in [7, 11) is 0. The van der Waals surface area contributed by atoms with Crippen LogP contribution in [0.3, 0.4) is 0 Å². The van der Waals surface area contributed by atoms with Crippen molar-refractivity contribution in [1.82, 2.24) is 4.90 Å². The second-order valence-electron chi connectivity index (χ2n) is 7.16. The van der Waals surface area contributed by atoms with E-state index in [4.69, 9.17) is 5.73 Å². The van der Waals surface area contributed by atoms with Crippen molar-refractivity contribution >= 4 is 0 Å². The molecule has 1 fully saturated rings. The summed E-state index contributed by atoms with van der Waals surface area (Å²) in [5.74, 6) is 0.910. The van der Waals surface area contributed by atoms with Crippen LogP contribution in [0.15, 0.2) is 0 Å². The minimum atomic E-state index is 0.406. The Morgan fingerprint density at radius 3 is 2.32 bits per heavy atom. The Bertz CT molecular complexity index is 229. The van der Waals surface area contributed by atoms with E-state index in [-0.39, 0.29) is 0 Å². The lowest BCUT2D eigenvalue weighted by molar-refractivity contribution is 0.0766. The van der Waals surface area contributed by atoms with Gasteiger partial charge in [-0.3, -0.25) is 0 Å². The molecule has 0 spiro atoms. The molecule has 0 saturated heterocycles. The number of rotatable bonds is 8. The van der Waals surface area contributed by atoms with Gasteiger partial charge in [0.15, 0.2) is 0 Å². The molecule has 2 heteroatoms. The molecule has 2 N–H and O–H groups in total. The first-order valence-electron chi connectivity index (χ1n) is 8.47. The van der Waals surface area contributed by atoms with Crippen LogP contribution in [0, 0.1) is 11.3 Å². The fourth-order valence-electron chi connectivity index (χ4n) is 3.32. The average Bonchev–Trinajstić information content (AvgIpc) is 2.40. The highest BCUT2D eigenvalue weighted by molar-refractivity contribution is 4.89. The fourth-order valence-corrected chi connectivity index (χ4v) is 3.32. The second kappa shape index (κ2) is 8.26. The van der Waals surface area contributed by atoms with E-state index in [1.165, 1.54) is 58.0 Å². The van der Waals surface area contributed by atoms with E-state index in [2.05, 4.69) is 32.6 Å². The number of nitrogens with zero attached hydrogens (tertiary/aromatic N) is 1. The minimum absolute atomic E-state index is 0.406. The molecule has 0 aromatic heterocycles. The second-order valence-corrected chi connectivity index (χ2v) is 7.16. The molecule has 2 nitrogen and oxygen atoms in total. The zero-order valence-electron chi connectivity index (χ0n) is 13.8. The largest absolute Gasteiger partial charge is 0.330 e. The summed E-state index contributed by atoms with van der Waals surface area (Å²) in [6, 6.07) is 0.652. The lowest BCUT2D eigenvalue weighted by atomic mass is 9.70. The number of unbranched alkanes of at least 4 members (excludes halogenated alkanes) is 2. The van der Waals surface area contributed by atoms with Crippen LogP contribution in [0.4, 0.5) is 0 Å². The first kappa shape index (κ1) is 17.0. The van der Waals surface area contributed by atoms with Gasteiger partial charge in [0.2, 0.25) is 0 Å². The average molecular weight is 268 g/mol. The van der Waals surface area contributed by atoms with Gasteiger partial charge in [0.25, 0.3) is 0 Å². The summed E-state index contributed by atoms with van der Waals surface area (Å²) in [6.45, 7) is 12.7. The zero-order chi connectivity index (χ0) is 14.3. The van der Waals surface area contributed by atoms with Gasteiger partial charge < -0.3 is 10.6 Å². The Morgan fingerprint density at radius 2 is 1.84 bits per heavy atom. The van der Waals surface area contributed by atoms with Crippen molar-refractivity contribution in [1.29, 1.82) is 0 Å². The van der Waals surface area contributed by atoms with Gasteiger partial charge in [0.05, 0.1) is 0 Å². The summed E-state index contributed by atoms with van der Waals surface area (Å²) < 4.78 is 0. The molecule has 1 rings (SSSR count). The molecule has 0 aromatic carbocycles. The number of nitrogens with two attached hydrogens (primary N) is 1. The van der Waals surface area contributed by atoms with Crippen molar-refractivity contribution in [2.24, 2.45) is 17.1 Å². The third-order valence-corrected chi connectivity index (χ3v) is 5.09. The van der Waals surface area contributed by atoms with Gasteiger partial charge in [-0.2, -0.15) is 0 Å². The first-order chi connectivity index (χ1) is 9.03. The van der Waals surface area contributed by atoms with Crippen molar-refractivity contribution in [3.63, 3.8) is 0 Å². The van der Waals surface area contributed by atoms with Crippen LogP contribution in [-0.4, -0.2) is 30.6 Å². The summed E-state index contributed by atoms with van der Waals surface area (Å²) in [6.07, 6.45) is 9.42. The number of hydrogen-bond acceptors (Lipinski definition) is 2. The molecule has 0 atom stereocenters. The standard InChI is InChI=1S/C17H36N2/c1-5-6-7-12-19(15(2)3)14-17(13-18)10-8-16(4)9-11-17/h15-16H,5-14,18H2,1-4H3. The van der Waals surface area contributed by atoms with Gasteiger partial charge in [0, 0.05) is 12.6 Å². The predicted molar refractivity (Wildman–Crippen MR) is 85.4 cm³/mol. The van der Waals surface area contributed by atoms with Crippen LogP contribution in [0.1, 0.15) is 72.6 Å². The monoisotopic (exact) mass is 268 g/mol. The smallest absolute Gasteiger partial charge is 0.00528 e. The van der Waals surface area contributed by atoms with Crippen LogP contribution in [0.25, 0.3) is 0 Å². The molecule has 1 aliphatic rings. The maximum absolute atomic E-state index is 6.16. The van der Waals surface area contributed by atoms with Crippen molar-refractivity contribution in [2.45, 2.75) is 78.7 Å². The fraction of sp³-hybridized carbons (Fsp3) is 1.00. The van der Waals surface area contributed by atoms with Crippen LogP contribution in [0.2, 0.25) is 0 Å². The van der Waals surface area contributed by atoms with E-state index in [1.54, 1.807) is 0 Å². The van der Waals surface area contributed by atoms with Crippen molar-refractivity contribution in [2.75, 3.05) is 19.6 Å². The maximum atomic E-state index is 6.16. The van der Waals surface area contributed by atoms with E-state index in [0.29, 0.717) is 11.5 Å². The van der Waals surface area contributed by atoms with Crippen LogP contribution < -0.4 is 5.73 Å². The van der Waals surface area contributed by atoms with Crippen molar-refractivity contribution in [3.05, 3.63) is 0 Å². The van der Waals surface area contributed by atoms with Crippen LogP contribution in [-0.2, 0) is 0 Å². The molecule has 114 valence electrons. The van der Waals surface area contributed by atoms with Gasteiger partial charge >= 0.3 is 0 Å². The van der Waals surface area contributed by atoms with Crippen LogP contribution in [0.5, 0.6) is 0 Å². The Morgan fingerprint density at radius 1 is 1.21 bits per heavy atom. The lowest BCUT2D eigenvalue weighted by Crippen LogP contribution is -2.47. The zero-order valence-corrected chi connectivity index (χ0v) is 13.8. The molecule has 0 aromatic rings. The highest BCUT2D eigenvalue weighted by atomic mass is 15.2. The van der Waals surface area contributed by atoms with E-state index < -0.39 is 0 Å². The third-order valence-electron chi connectivity index (χ3n) is 5.09. The Hall–Kier alpha value is -0.0800. The normalized spacial score (nSPS) is 28.3. The SMILES string of the molecule is CCCCCN(CC1(CN)CCC(C)CC1)C(C)C. The molecule has 1 saturated carbocycles. The number of hydrogen-bond donors (Lipinski definition) is 1. The van der Waals surface area contributed by atoms with E-state index >= 15 is 0 Å². The summed E-state index contributed by atoms with van der Waals surface area (Å²) >= 11 is 0. The molecule has 0 unspecified atom stereocenters. The summed E-state index contributed by atoms with van der Waals surface area (Å²) in [5, 5.41) is 0. The lowest BCUT2D eigenvalue weighted by Gasteiger charge is -2.43. The van der Waals surface area contributed by atoms with Crippen molar-refractivity contribution in [3.8, 4) is 0 Å². The maximum Gasteiger partial charge on any atom is 0.00528 e. The van der Waals surface area contributed by atoms with E-state index in [1.807, 2.05) is 0 Å².